The number of piperazine rings is 1. The van der Waals surface area contributed by atoms with Crippen LogP contribution in [0.3, 0.4) is 0 Å². The zero-order valence-corrected chi connectivity index (χ0v) is 18.1. The van der Waals surface area contributed by atoms with Crippen LogP contribution in [0, 0.1) is 6.92 Å². The molecule has 0 bridgehead atoms. The lowest BCUT2D eigenvalue weighted by Crippen LogP contribution is -2.48. The highest BCUT2D eigenvalue weighted by molar-refractivity contribution is 7.94. The topological polar surface area (TPSA) is 78.0 Å². The maximum absolute atomic E-state index is 13.0. The van der Waals surface area contributed by atoms with Gasteiger partial charge in [0.2, 0.25) is 15.9 Å². The monoisotopic (exact) mass is 447 g/mol. The first-order chi connectivity index (χ1) is 14.3. The van der Waals surface area contributed by atoms with Crippen molar-refractivity contribution in [1.82, 2.24) is 4.90 Å². The predicted molar refractivity (Wildman–Crippen MR) is 117 cm³/mol. The smallest absolute Gasteiger partial charge is 0.255 e. The Morgan fingerprint density at radius 3 is 2.33 bits per heavy atom. The van der Waals surface area contributed by atoms with Crippen LogP contribution in [0.2, 0.25) is 5.02 Å². The number of aryl methyl sites for hydroxylation is 1. The van der Waals surface area contributed by atoms with Crippen LogP contribution in [-0.4, -0.2) is 57.1 Å². The van der Waals surface area contributed by atoms with Gasteiger partial charge in [0.1, 0.15) is 0 Å². The van der Waals surface area contributed by atoms with Crippen molar-refractivity contribution >= 4 is 44.8 Å². The molecule has 0 unspecified atom stereocenters. The molecule has 0 atom stereocenters. The summed E-state index contributed by atoms with van der Waals surface area (Å²) >= 11 is 6.31. The van der Waals surface area contributed by atoms with Crippen LogP contribution in [0.15, 0.2) is 42.5 Å². The Kier molecular flexibility index (Phi) is 5.46. The van der Waals surface area contributed by atoms with Crippen molar-refractivity contribution < 1.29 is 18.0 Å². The van der Waals surface area contributed by atoms with E-state index in [1.807, 2.05) is 6.07 Å². The summed E-state index contributed by atoms with van der Waals surface area (Å²) in [6.45, 7) is 4.60. The van der Waals surface area contributed by atoms with E-state index in [4.69, 9.17) is 11.6 Å². The first kappa shape index (κ1) is 20.7. The number of anilines is 2. The lowest BCUT2D eigenvalue weighted by atomic mass is 10.1. The quantitative estimate of drug-likeness (QED) is 0.722. The van der Waals surface area contributed by atoms with Gasteiger partial charge in [0, 0.05) is 38.3 Å². The number of hydrogen-bond acceptors (Lipinski definition) is 5. The third kappa shape index (κ3) is 3.89. The van der Waals surface area contributed by atoms with E-state index in [1.54, 1.807) is 4.90 Å². The Morgan fingerprint density at radius 1 is 1.00 bits per heavy atom. The number of carbonyl (C=O) groups is 2. The van der Waals surface area contributed by atoms with Gasteiger partial charge in [-0.15, -0.1) is 0 Å². The molecule has 0 N–H and O–H groups in total. The summed E-state index contributed by atoms with van der Waals surface area (Å²) in [7, 11) is -3.67. The van der Waals surface area contributed by atoms with E-state index >= 15 is 0 Å². The molecule has 2 fully saturated rings. The van der Waals surface area contributed by atoms with Gasteiger partial charge < -0.3 is 9.80 Å². The van der Waals surface area contributed by atoms with Crippen molar-refractivity contribution in [2.45, 2.75) is 13.3 Å². The van der Waals surface area contributed by atoms with Gasteiger partial charge >= 0.3 is 0 Å². The number of hydrogen-bond donors (Lipinski definition) is 0. The first-order valence-electron chi connectivity index (χ1n) is 9.72. The van der Waals surface area contributed by atoms with Crippen LogP contribution in [0.25, 0.3) is 0 Å². The fraction of sp³-hybridized carbons (Fsp3) is 0.333. The highest BCUT2D eigenvalue weighted by atomic mass is 35.5. The fourth-order valence-electron chi connectivity index (χ4n) is 3.84. The van der Waals surface area contributed by atoms with E-state index in [-0.39, 0.29) is 28.8 Å². The minimum Gasteiger partial charge on any atom is -0.368 e. The van der Waals surface area contributed by atoms with Crippen molar-refractivity contribution in [3.8, 4) is 0 Å². The van der Waals surface area contributed by atoms with Crippen LogP contribution < -0.4 is 9.21 Å². The number of benzene rings is 2. The number of nitrogens with zero attached hydrogens (tertiary/aromatic N) is 3. The molecule has 2 aromatic rings. The molecule has 0 saturated carbocycles. The summed E-state index contributed by atoms with van der Waals surface area (Å²) in [5.74, 6) is -0.904. The number of amides is 2. The zero-order valence-electron chi connectivity index (χ0n) is 16.5. The molecule has 4 rings (SSSR count). The first-order valence-corrected chi connectivity index (χ1v) is 11.7. The van der Waals surface area contributed by atoms with Crippen LogP contribution in [0.4, 0.5) is 11.4 Å². The molecule has 0 aromatic heterocycles. The standard InChI is InChI=1S/C21H22ClN3O4S/c1-15-3-2-4-16(13-15)23-8-10-24(11-9-23)21(27)18-6-5-17(14-19(18)22)25-20(26)7-12-30(25,28)29/h2-6,13-14H,7-12H2,1H3. The van der Waals surface area contributed by atoms with E-state index in [9.17, 15) is 18.0 Å². The van der Waals surface area contributed by atoms with Crippen molar-refractivity contribution in [1.29, 1.82) is 0 Å². The molecule has 2 amide bonds. The maximum Gasteiger partial charge on any atom is 0.255 e. The molecular formula is C21H22ClN3O4S. The Balaban J connectivity index is 1.47. The van der Waals surface area contributed by atoms with Gasteiger partial charge in [0.25, 0.3) is 5.91 Å². The lowest BCUT2D eigenvalue weighted by molar-refractivity contribution is -0.116. The van der Waals surface area contributed by atoms with Gasteiger partial charge in [-0.3, -0.25) is 9.59 Å². The molecule has 7 nitrogen and oxygen atoms in total. The van der Waals surface area contributed by atoms with Crippen molar-refractivity contribution in [3.63, 3.8) is 0 Å². The minimum absolute atomic E-state index is 0.0498. The molecule has 30 heavy (non-hydrogen) atoms. The molecule has 0 radical (unpaired) electrons. The molecule has 2 aliphatic rings. The fourth-order valence-corrected chi connectivity index (χ4v) is 5.54. The van der Waals surface area contributed by atoms with E-state index < -0.39 is 15.9 Å². The van der Waals surface area contributed by atoms with Crippen molar-refractivity contribution in [2.75, 3.05) is 41.1 Å². The summed E-state index contributed by atoms with van der Waals surface area (Å²) in [4.78, 5) is 28.9. The number of sulfonamides is 1. The zero-order chi connectivity index (χ0) is 21.5. The van der Waals surface area contributed by atoms with E-state index in [2.05, 4.69) is 30.0 Å². The summed E-state index contributed by atoms with van der Waals surface area (Å²) in [6, 6.07) is 12.6. The Morgan fingerprint density at radius 2 is 1.73 bits per heavy atom. The summed E-state index contributed by atoms with van der Waals surface area (Å²) < 4.78 is 25.0. The summed E-state index contributed by atoms with van der Waals surface area (Å²) in [5.41, 5.74) is 2.80. The molecule has 2 aromatic carbocycles. The molecule has 2 saturated heterocycles. The number of rotatable bonds is 3. The van der Waals surface area contributed by atoms with E-state index in [1.165, 1.54) is 23.8 Å². The second-order valence-electron chi connectivity index (χ2n) is 7.51. The SMILES string of the molecule is Cc1cccc(N2CCN(C(=O)c3ccc(N4C(=O)CCS4(=O)=O)cc3Cl)CC2)c1. The van der Waals surface area contributed by atoms with Gasteiger partial charge in [-0.25, -0.2) is 12.7 Å². The molecule has 158 valence electrons. The van der Waals surface area contributed by atoms with Gasteiger partial charge in [-0.05, 0) is 42.8 Å². The van der Waals surface area contributed by atoms with Gasteiger partial charge in [-0.1, -0.05) is 23.7 Å². The third-order valence-electron chi connectivity index (χ3n) is 5.43. The predicted octanol–water partition coefficient (Wildman–Crippen LogP) is 2.68. The highest BCUT2D eigenvalue weighted by Crippen LogP contribution is 2.30. The minimum atomic E-state index is -3.67. The van der Waals surface area contributed by atoms with Crippen LogP contribution in [0.1, 0.15) is 22.3 Å². The molecule has 9 heteroatoms. The normalized spacial score (nSPS) is 18.7. The molecular weight excluding hydrogens is 426 g/mol. The van der Waals surface area contributed by atoms with Gasteiger partial charge in [0.05, 0.1) is 22.0 Å². The summed E-state index contributed by atoms with van der Waals surface area (Å²) in [6.07, 6.45) is -0.0498. The second-order valence-corrected chi connectivity index (χ2v) is 9.85. The number of carbonyl (C=O) groups excluding carboxylic acids is 2. The average molecular weight is 448 g/mol. The van der Waals surface area contributed by atoms with Crippen molar-refractivity contribution in [2.24, 2.45) is 0 Å². The van der Waals surface area contributed by atoms with E-state index in [0.717, 1.165) is 9.99 Å². The number of halogens is 1. The van der Waals surface area contributed by atoms with Crippen LogP contribution in [-0.2, 0) is 14.8 Å². The maximum atomic E-state index is 13.0. The molecule has 0 aliphatic carbocycles. The summed E-state index contributed by atoms with van der Waals surface area (Å²) in [5, 5.41) is 0.133. The molecule has 2 heterocycles. The third-order valence-corrected chi connectivity index (χ3v) is 7.43. The van der Waals surface area contributed by atoms with E-state index in [0.29, 0.717) is 31.7 Å². The highest BCUT2D eigenvalue weighted by Gasteiger charge is 2.36. The average Bonchev–Trinajstić information content (AvgIpc) is 3.00. The van der Waals surface area contributed by atoms with Gasteiger partial charge in [0.15, 0.2) is 0 Å². The van der Waals surface area contributed by atoms with Crippen LogP contribution >= 0.6 is 11.6 Å². The van der Waals surface area contributed by atoms with Gasteiger partial charge in [-0.2, -0.15) is 0 Å². The Bertz CT molecular complexity index is 1110. The van der Waals surface area contributed by atoms with Crippen LogP contribution in [0.5, 0.6) is 0 Å². The second kappa shape index (κ2) is 7.92. The largest absolute Gasteiger partial charge is 0.368 e. The molecule has 2 aliphatic heterocycles. The van der Waals surface area contributed by atoms with Crippen molar-refractivity contribution in [3.05, 3.63) is 58.6 Å². The lowest BCUT2D eigenvalue weighted by Gasteiger charge is -2.36. The molecule has 0 spiro atoms. The Labute approximate surface area is 180 Å². The Hall–Kier alpha value is -2.58.